The first-order valence-electron chi connectivity index (χ1n) is 5.85. The van der Waals surface area contributed by atoms with E-state index in [0.29, 0.717) is 5.69 Å². The Morgan fingerprint density at radius 2 is 2.33 bits per heavy atom. The van der Waals surface area contributed by atoms with Crippen molar-refractivity contribution in [3.63, 3.8) is 0 Å². The summed E-state index contributed by atoms with van der Waals surface area (Å²) in [6, 6.07) is 1.38. The van der Waals surface area contributed by atoms with Crippen molar-refractivity contribution in [3.8, 4) is 0 Å². The molecule has 2 N–H and O–H groups in total. The van der Waals surface area contributed by atoms with Crippen molar-refractivity contribution >= 4 is 5.91 Å². The lowest BCUT2D eigenvalue weighted by Crippen LogP contribution is -2.30. The van der Waals surface area contributed by atoms with Crippen LogP contribution in [0, 0.1) is 0 Å². The molecule has 1 aromatic rings. The van der Waals surface area contributed by atoms with Gasteiger partial charge in [0, 0.05) is 12.5 Å². The third-order valence-corrected chi connectivity index (χ3v) is 2.78. The summed E-state index contributed by atoms with van der Waals surface area (Å²) >= 11 is 0. The molecule has 0 aliphatic heterocycles. The number of hydrogen-bond donors (Lipinski definition) is 2. The molecular formula is C11H15F2N3O2. The Labute approximate surface area is 103 Å². The SMILES string of the molecule is O=C(Cn1nc(C2CC2)cc1C(F)F)NCCO. The summed E-state index contributed by atoms with van der Waals surface area (Å²) in [5, 5.41) is 15.0. The zero-order chi connectivity index (χ0) is 13.1. The van der Waals surface area contributed by atoms with Crippen LogP contribution in [0.4, 0.5) is 8.78 Å². The van der Waals surface area contributed by atoms with Crippen LogP contribution in [0.3, 0.4) is 0 Å². The van der Waals surface area contributed by atoms with E-state index in [-0.39, 0.29) is 31.3 Å². The minimum Gasteiger partial charge on any atom is -0.395 e. The summed E-state index contributed by atoms with van der Waals surface area (Å²) < 4.78 is 26.6. The number of hydrogen-bond acceptors (Lipinski definition) is 3. The number of aliphatic hydroxyl groups excluding tert-OH is 1. The molecule has 1 aliphatic rings. The number of alkyl halides is 2. The second kappa shape index (κ2) is 5.43. The van der Waals surface area contributed by atoms with Gasteiger partial charge in [0.05, 0.1) is 12.3 Å². The first-order valence-corrected chi connectivity index (χ1v) is 5.85. The Balaban J connectivity index is 2.07. The second-order valence-electron chi connectivity index (χ2n) is 4.30. The molecule has 0 unspecified atom stereocenters. The first-order chi connectivity index (χ1) is 8.61. The van der Waals surface area contributed by atoms with Crippen LogP contribution >= 0.6 is 0 Å². The molecule has 0 aromatic carbocycles. The average Bonchev–Trinajstić information content (AvgIpc) is 3.08. The maximum absolute atomic E-state index is 12.8. The predicted molar refractivity (Wildman–Crippen MR) is 59.3 cm³/mol. The Hall–Kier alpha value is -1.50. The fourth-order valence-electron chi connectivity index (χ4n) is 1.72. The van der Waals surface area contributed by atoms with Crippen molar-refractivity contribution in [1.82, 2.24) is 15.1 Å². The standard InChI is InChI=1S/C11H15F2N3O2/c12-11(13)9-5-8(7-1-2-7)15-16(9)6-10(18)14-3-4-17/h5,7,11,17H,1-4,6H2,(H,14,18). The minimum absolute atomic E-state index is 0.111. The lowest BCUT2D eigenvalue weighted by atomic mass is 10.3. The number of halogens is 2. The van der Waals surface area contributed by atoms with Gasteiger partial charge in [-0.05, 0) is 18.9 Å². The van der Waals surface area contributed by atoms with Crippen molar-refractivity contribution in [2.24, 2.45) is 0 Å². The largest absolute Gasteiger partial charge is 0.395 e. The third kappa shape index (κ3) is 3.04. The van der Waals surface area contributed by atoms with E-state index in [0.717, 1.165) is 17.5 Å². The molecule has 5 nitrogen and oxygen atoms in total. The van der Waals surface area contributed by atoms with Crippen molar-refractivity contribution in [1.29, 1.82) is 0 Å². The van der Waals surface area contributed by atoms with E-state index in [1.807, 2.05) is 0 Å². The van der Waals surface area contributed by atoms with Gasteiger partial charge in [-0.25, -0.2) is 8.78 Å². The van der Waals surface area contributed by atoms with Gasteiger partial charge in [0.15, 0.2) is 0 Å². The van der Waals surface area contributed by atoms with Crippen LogP contribution in [0.5, 0.6) is 0 Å². The van der Waals surface area contributed by atoms with Crippen LogP contribution in [-0.2, 0) is 11.3 Å². The maximum atomic E-state index is 12.8. The highest BCUT2D eigenvalue weighted by Crippen LogP contribution is 2.40. The summed E-state index contributed by atoms with van der Waals surface area (Å²) in [5.74, 6) is -0.166. The molecular weight excluding hydrogens is 244 g/mol. The molecule has 0 radical (unpaired) electrons. The highest BCUT2D eigenvalue weighted by Gasteiger charge is 2.29. The lowest BCUT2D eigenvalue weighted by Gasteiger charge is -2.06. The molecule has 0 bridgehead atoms. The van der Waals surface area contributed by atoms with E-state index < -0.39 is 12.3 Å². The molecule has 2 rings (SSSR count). The van der Waals surface area contributed by atoms with Crippen LogP contribution < -0.4 is 5.32 Å². The summed E-state index contributed by atoms with van der Waals surface area (Å²) in [4.78, 5) is 11.4. The van der Waals surface area contributed by atoms with E-state index in [1.54, 1.807) is 0 Å². The molecule has 0 spiro atoms. The number of amides is 1. The minimum atomic E-state index is -2.64. The van der Waals surface area contributed by atoms with Gasteiger partial charge in [0.2, 0.25) is 5.91 Å². The summed E-state index contributed by atoms with van der Waals surface area (Å²) in [6.45, 7) is -0.314. The van der Waals surface area contributed by atoms with Gasteiger partial charge < -0.3 is 10.4 Å². The number of nitrogens with zero attached hydrogens (tertiary/aromatic N) is 2. The van der Waals surface area contributed by atoms with E-state index in [1.165, 1.54) is 6.07 Å². The van der Waals surface area contributed by atoms with Crippen molar-refractivity contribution in [2.45, 2.75) is 31.7 Å². The molecule has 1 heterocycles. The Kier molecular flexibility index (Phi) is 3.90. The molecule has 1 aliphatic carbocycles. The summed E-state index contributed by atoms with van der Waals surface area (Å²) in [7, 11) is 0. The van der Waals surface area contributed by atoms with Gasteiger partial charge in [0.1, 0.15) is 12.2 Å². The number of carbonyl (C=O) groups is 1. The Morgan fingerprint density at radius 1 is 1.61 bits per heavy atom. The molecule has 1 saturated carbocycles. The topological polar surface area (TPSA) is 67.2 Å². The van der Waals surface area contributed by atoms with E-state index in [9.17, 15) is 13.6 Å². The van der Waals surface area contributed by atoms with Crippen molar-refractivity contribution in [2.75, 3.05) is 13.2 Å². The number of aromatic nitrogens is 2. The molecule has 0 atom stereocenters. The van der Waals surface area contributed by atoms with E-state index in [4.69, 9.17) is 5.11 Å². The number of rotatable bonds is 6. The van der Waals surface area contributed by atoms with Gasteiger partial charge in [-0.2, -0.15) is 5.10 Å². The smallest absolute Gasteiger partial charge is 0.280 e. The van der Waals surface area contributed by atoms with Crippen LogP contribution in [0.15, 0.2) is 6.07 Å². The zero-order valence-electron chi connectivity index (χ0n) is 9.77. The fourth-order valence-corrected chi connectivity index (χ4v) is 1.72. The molecule has 18 heavy (non-hydrogen) atoms. The quantitative estimate of drug-likeness (QED) is 0.794. The van der Waals surface area contributed by atoms with E-state index >= 15 is 0 Å². The van der Waals surface area contributed by atoms with Crippen LogP contribution in [-0.4, -0.2) is 33.9 Å². The van der Waals surface area contributed by atoms with Gasteiger partial charge in [-0.3, -0.25) is 9.48 Å². The lowest BCUT2D eigenvalue weighted by molar-refractivity contribution is -0.122. The highest BCUT2D eigenvalue weighted by atomic mass is 19.3. The normalized spacial score (nSPS) is 15.1. The van der Waals surface area contributed by atoms with Gasteiger partial charge >= 0.3 is 0 Å². The van der Waals surface area contributed by atoms with Crippen LogP contribution in [0.1, 0.15) is 36.6 Å². The molecule has 1 fully saturated rings. The average molecular weight is 259 g/mol. The number of nitrogens with one attached hydrogen (secondary N) is 1. The van der Waals surface area contributed by atoms with Crippen LogP contribution in [0.25, 0.3) is 0 Å². The highest BCUT2D eigenvalue weighted by molar-refractivity contribution is 5.75. The fraction of sp³-hybridized carbons (Fsp3) is 0.636. The van der Waals surface area contributed by atoms with E-state index in [2.05, 4.69) is 10.4 Å². The molecule has 1 amide bonds. The number of carbonyl (C=O) groups excluding carboxylic acids is 1. The third-order valence-electron chi connectivity index (χ3n) is 2.78. The maximum Gasteiger partial charge on any atom is 0.280 e. The molecule has 0 saturated heterocycles. The van der Waals surface area contributed by atoms with Gasteiger partial charge in [-0.15, -0.1) is 0 Å². The summed E-state index contributed by atoms with van der Waals surface area (Å²) in [6.07, 6.45) is -0.706. The first kappa shape index (κ1) is 12.9. The molecule has 7 heteroatoms. The predicted octanol–water partition coefficient (Wildman–Crippen LogP) is 0.807. The monoisotopic (exact) mass is 259 g/mol. The number of aliphatic hydroxyl groups is 1. The van der Waals surface area contributed by atoms with Gasteiger partial charge in [0.25, 0.3) is 6.43 Å². The van der Waals surface area contributed by atoms with Crippen molar-refractivity contribution < 1.29 is 18.7 Å². The van der Waals surface area contributed by atoms with Crippen LogP contribution in [0.2, 0.25) is 0 Å². The van der Waals surface area contributed by atoms with Gasteiger partial charge in [-0.1, -0.05) is 0 Å². The summed E-state index contributed by atoms with van der Waals surface area (Å²) in [5.41, 5.74) is 0.413. The second-order valence-corrected chi connectivity index (χ2v) is 4.30. The zero-order valence-corrected chi connectivity index (χ0v) is 9.77. The molecule has 100 valence electrons. The molecule has 1 aromatic heterocycles. The Bertz CT molecular complexity index is 430. The Morgan fingerprint density at radius 3 is 2.89 bits per heavy atom. The van der Waals surface area contributed by atoms with Crippen molar-refractivity contribution in [3.05, 3.63) is 17.5 Å².